The van der Waals surface area contributed by atoms with Crippen LogP contribution in [0.5, 0.6) is 0 Å². The number of hydrogen-bond acceptors (Lipinski definition) is 4. The van der Waals surface area contributed by atoms with Gasteiger partial charge >= 0.3 is 0 Å². The number of anilines is 1. The topological polar surface area (TPSA) is 70.7 Å². The summed E-state index contributed by atoms with van der Waals surface area (Å²) in [6.45, 7) is 3.66. The van der Waals surface area contributed by atoms with Crippen molar-refractivity contribution in [2.75, 3.05) is 32.1 Å². The van der Waals surface area contributed by atoms with Gasteiger partial charge in [0.2, 0.25) is 11.8 Å². The summed E-state index contributed by atoms with van der Waals surface area (Å²) in [4.78, 5) is 25.2. The number of para-hydroxylation sites is 1. The van der Waals surface area contributed by atoms with Crippen LogP contribution < -0.4 is 10.6 Å². The van der Waals surface area contributed by atoms with Crippen molar-refractivity contribution >= 4 is 17.5 Å². The van der Waals surface area contributed by atoms with Gasteiger partial charge in [-0.1, -0.05) is 18.2 Å². The van der Waals surface area contributed by atoms with E-state index in [1.807, 2.05) is 24.3 Å². The Morgan fingerprint density at radius 3 is 2.86 bits per heavy atom. The highest BCUT2D eigenvalue weighted by Crippen LogP contribution is 2.17. The lowest BCUT2D eigenvalue weighted by Gasteiger charge is -2.24. The summed E-state index contributed by atoms with van der Waals surface area (Å²) in [6.07, 6.45) is 0. The largest absolute Gasteiger partial charge is 0.378 e. The molecular weight excluding hydrogens is 270 g/mol. The first-order valence-electron chi connectivity index (χ1n) is 6.99. The molecule has 0 aliphatic carbocycles. The number of benzene rings is 1. The van der Waals surface area contributed by atoms with Gasteiger partial charge in [0.05, 0.1) is 13.2 Å². The van der Waals surface area contributed by atoms with Crippen LogP contribution in [-0.4, -0.2) is 49.6 Å². The Morgan fingerprint density at radius 2 is 2.19 bits per heavy atom. The van der Waals surface area contributed by atoms with Crippen molar-refractivity contribution < 1.29 is 14.3 Å². The molecule has 1 aliphatic heterocycles. The minimum Gasteiger partial charge on any atom is -0.378 e. The summed E-state index contributed by atoms with van der Waals surface area (Å²) in [7, 11) is 1.73. The Hall–Kier alpha value is -1.92. The molecule has 0 aromatic heterocycles. The standard InChI is InChI=1S/C15H21N3O3/c1-11(19)18(2)9-12-5-3-4-6-13(12)17-15(20)14-10-21-8-7-16-14/h3-6,14,16H,7-10H2,1-2H3,(H,17,20). The number of ether oxygens (including phenoxy) is 1. The first-order chi connectivity index (χ1) is 10.1. The lowest BCUT2D eigenvalue weighted by Crippen LogP contribution is -2.49. The fraction of sp³-hybridized carbons (Fsp3) is 0.467. The third kappa shape index (κ3) is 4.27. The highest BCUT2D eigenvalue weighted by atomic mass is 16.5. The average molecular weight is 291 g/mol. The highest BCUT2D eigenvalue weighted by Gasteiger charge is 2.21. The number of rotatable bonds is 4. The molecule has 2 amide bonds. The van der Waals surface area contributed by atoms with Crippen LogP contribution in [-0.2, 0) is 20.9 Å². The van der Waals surface area contributed by atoms with Crippen LogP contribution in [0.3, 0.4) is 0 Å². The van der Waals surface area contributed by atoms with E-state index in [0.717, 1.165) is 11.3 Å². The van der Waals surface area contributed by atoms with Crippen molar-refractivity contribution in [2.45, 2.75) is 19.5 Å². The lowest BCUT2D eigenvalue weighted by molar-refractivity contribution is -0.128. The van der Waals surface area contributed by atoms with Crippen molar-refractivity contribution in [3.63, 3.8) is 0 Å². The third-order valence-corrected chi connectivity index (χ3v) is 3.46. The average Bonchev–Trinajstić information content (AvgIpc) is 2.50. The van der Waals surface area contributed by atoms with Crippen LogP contribution in [0.1, 0.15) is 12.5 Å². The summed E-state index contributed by atoms with van der Waals surface area (Å²) in [6, 6.07) is 7.15. The zero-order valence-electron chi connectivity index (χ0n) is 12.4. The summed E-state index contributed by atoms with van der Waals surface area (Å²) < 4.78 is 5.29. The van der Waals surface area contributed by atoms with Gasteiger partial charge in [-0.05, 0) is 11.6 Å². The maximum absolute atomic E-state index is 12.2. The SMILES string of the molecule is CC(=O)N(C)Cc1ccccc1NC(=O)C1COCCN1. The minimum absolute atomic E-state index is 0.0153. The molecule has 6 heteroatoms. The Bertz CT molecular complexity index is 513. The van der Waals surface area contributed by atoms with Gasteiger partial charge in [-0.2, -0.15) is 0 Å². The van der Waals surface area contributed by atoms with Crippen LogP contribution in [0, 0.1) is 0 Å². The van der Waals surface area contributed by atoms with Gasteiger partial charge in [-0.25, -0.2) is 0 Å². The van der Waals surface area contributed by atoms with Gasteiger partial charge in [0.25, 0.3) is 0 Å². The Balaban J connectivity index is 2.05. The van der Waals surface area contributed by atoms with Crippen molar-refractivity contribution in [3.8, 4) is 0 Å². The number of amides is 2. The normalized spacial score (nSPS) is 18.1. The van der Waals surface area contributed by atoms with Crippen LogP contribution >= 0.6 is 0 Å². The number of hydrogen-bond donors (Lipinski definition) is 2. The van der Waals surface area contributed by atoms with E-state index in [9.17, 15) is 9.59 Å². The third-order valence-electron chi connectivity index (χ3n) is 3.46. The van der Waals surface area contributed by atoms with Crippen molar-refractivity contribution in [3.05, 3.63) is 29.8 Å². The molecule has 114 valence electrons. The number of carbonyl (C=O) groups is 2. The van der Waals surface area contributed by atoms with Gasteiger partial charge in [0.15, 0.2) is 0 Å². The molecule has 1 aliphatic rings. The van der Waals surface area contributed by atoms with Crippen LogP contribution in [0.25, 0.3) is 0 Å². The van der Waals surface area contributed by atoms with Crippen LogP contribution in [0.4, 0.5) is 5.69 Å². The zero-order chi connectivity index (χ0) is 15.2. The highest BCUT2D eigenvalue weighted by molar-refractivity contribution is 5.95. The fourth-order valence-corrected chi connectivity index (χ4v) is 2.10. The van der Waals surface area contributed by atoms with Gasteiger partial charge < -0.3 is 20.3 Å². The molecule has 6 nitrogen and oxygen atoms in total. The molecule has 0 spiro atoms. The molecule has 21 heavy (non-hydrogen) atoms. The van der Waals surface area contributed by atoms with E-state index >= 15 is 0 Å². The molecule has 2 N–H and O–H groups in total. The van der Waals surface area contributed by atoms with E-state index in [1.54, 1.807) is 11.9 Å². The van der Waals surface area contributed by atoms with Crippen LogP contribution in [0.2, 0.25) is 0 Å². The summed E-state index contributed by atoms with van der Waals surface area (Å²) in [5, 5.41) is 6.02. The Morgan fingerprint density at radius 1 is 1.43 bits per heavy atom. The molecular formula is C15H21N3O3. The van der Waals surface area contributed by atoms with Crippen molar-refractivity contribution in [1.82, 2.24) is 10.2 Å². The summed E-state index contributed by atoms with van der Waals surface area (Å²) >= 11 is 0. The first-order valence-corrected chi connectivity index (χ1v) is 6.99. The first kappa shape index (κ1) is 15.5. The molecule has 0 saturated carbocycles. The smallest absolute Gasteiger partial charge is 0.243 e. The van der Waals surface area contributed by atoms with Crippen LogP contribution in [0.15, 0.2) is 24.3 Å². The van der Waals surface area contributed by atoms with Gasteiger partial charge in [0.1, 0.15) is 6.04 Å². The van der Waals surface area contributed by atoms with Crippen molar-refractivity contribution in [2.24, 2.45) is 0 Å². The van der Waals surface area contributed by atoms with E-state index in [1.165, 1.54) is 6.92 Å². The Labute approximate surface area is 124 Å². The van der Waals surface area contributed by atoms with Gasteiger partial charge in [-0.15, -0.1) is 0 Å². The molecule has 1 aromatic carbocycles. The number of carbonyl (C=O) groups excluding carboxylic acids is 2. The molecule has 1 unspecified atom stereocenters. The van der Waals surface area contributed by atoms with E-state index in [4.69, 9.17) is 4.74 Å². The predicted molar refractivity (Wildman–Crippen MR) is 79.8 cm³/mol. The Kier molecular flexibility index (Phi) is 5.30. The predicted octanol–water partition coefficient (Wildman–Crippen LogP) is 0.592. The van der Waals surface area contributed by atoms with E-state index < -0.39 is 0 Å². The van der Waals surface area contributed by atoms with Gasteiger partial charge in [-0.3, -0.25) is 9.59 Å². The number of morpholine rings is 1. The lowest BCUT2D eigenvalue weighted by atomic mass is 10.1. The summed E-state index contributed by atoms with van der Waals surface area (Å²) in [5.41, 5.74) is 1.63. The van der Waals surface area contributed by atoms with E-state index in [2.05, 4.69) is 10.6 Å². The maximum Gasteiger partial charge on any atom is 0.243 e. The second-order valence-electron chi connectivity index (χ2n) is 5.10. The second kappa shape index (κ2) is 7.19. The maximum atomic E-state index is 12.2. The molecule has 0 radical (unpaired) electrons. The zero-order valence-corrected chi connectivity index (χ0v) is 12.4. The number of nitrogens with one attached hydrogen (secondary N) is 2. The van der Waals surface area contributed by atoms with Gasteiger partial charge in [0, 0.05) is 32.7 Å². The molecule has 1 fully saturated rings. The molecule has 0 bridgehead atoms. The minimum atomic E-state index is -0.336. The molecule has 1 saturated heterocycles. The number of nitrogens with zero attached hydrogens (tertiary/aromatic N) is 1. The molecule has 1 aromatic rings. The molecule has 2 rings (SSSR count). The van der Waals surface area contributed by atoms with Crippen molar-refractivity contribution in [1.29, 1.82) is 0 Å². The van der Waals surface area contributed by atoms with E-state index in [-0.39, 0.29) is 17.9 Å². The van der Waals surface area contributed by atoms with E-state index in [0.29, 0.717) is 26.3 Å². The summed E-state index contributed by atoms with van der Waals surface area (Å²) in [5.74, 6) is -0.133. The second-order valence-corrected chi connectivity index (χ2v) is 5.10. The quantitative estimate of drug-likeness (QED) is 0.852. The fourth-order valence-electron chi connectivity index (χ4n) is 2.10. The molecule has 1 atom stereocenters. The monoisotopic (exact) mass is 291 g/mol. The molecule has 1 heterocycles.